The molecule has 1 saturated heterocycles. The maximum atomic E-state index is 12.4. The van der Waals surface area contributed by atoms with Gasteiger partial charge in [-0.15, -0.1) is 0 Å². The number of hydrogen-bond acceptors (Lipinski definition) is 7. The van der Waals surface area contributed by atoms with E-state index in [1.54, 1.807) is 42.6 Å². The second kappa shape index (κ2) is 9.91. The van der Waals surface area contributed by atoms with Gasteiger partial charge in [0, 0.05) is 31.0 Å². The molecule has 3 aromatic rings. The topological polar surface area (TPSA) is 92.3 Å². The highest BCUT2D eigenvalue weighted by Crippen LogP contribution is 2.27. The van der Waals surface area contributed by atoms with Crippen molar-refractivity contribution in [2.24, 2.45) is 0 Å². The van der Waals surface area contributed by atoms with E-state index in [0.29, 0.717) is 59.5 Å². The number of carbonyl (C=O) groups is 1. The number of amides is 1. The van der Waals surface area contributed by atoms with E-state index in [1.807, 2.05) is 11.0 Å². The van der Waals surface area contributed by atoms with E-state index < -0.39 is 0 Å². The van der Waals surface area contributed by atoms with E-state index in [9.17, 15) is 4.79 Å². The molecule has 0 aliphatic carbocycles. The van der Waals surface area contributed by atoms with Crippen molar-refractivity contribution in [2.45, 2.75) is 6.54 Å². The van der Waals surface area contributed by atoms with Crippen LogP contribution in [0.2, 0.25) is 10.0 Å². The second-order valence-corrected chi connectivity index (χ2v) is 7.61. The number of nitrogens with zero attached hydrogens (tertiary/aromatic N) is 4. The molecule has 3 heterocycles. The van der Waals surface area contributed by atoms with Crippen molar-refractivity contribution in [3.8, 4) is 0 Å². The molecule has 31 heavy (non-hydrogen) atoms. The number of benzene rings is 1. The Balaban J connectivity index is 1.56. The number of rotatable bonds is 6. The maximum Gasteiger partial charge on any atom is 0.270 e. The number of nitrogens with one attached hydrogen (secondary N) is 2. The van der Waals surface area contributed by atoms with Crippen LogP contribution in [0.4, 0.5) is 17.5 Å². The summed E-state index contributed by atoms with van der Waals surface area (Å²) >= 11 is 12.1. The Labute approximate surface area is 189 Å². The lowest BCUT2D eigenvalue weighted by molar-refractivity contribution is 0.0945. The van der Waals surface area contributed by atoms with Gasteiger partial charge in [0.05, 0.1) is 35.5 Å². The Morgan fingerprint density at radius 1 is 1.06 bits per heavy atom. The molecule has 1 aromatic carbocycles. The first-order chi connectivity index (χ1) is 15.1. The number of morpholine rings is 1. The second-order valence-electron chi connectivity index (χ2n) is 6.80. The van der Waals surface area contributed by atoms with E-state index in [1.165, 1.54) is 0 Å². The van der Waals surface area contributed by atoms with Gasteiger partial charge in [0.25, 0.3) is 5.91 Å². The zero-order chi connectivity index (χ0) is 21.6. The Morgan fingerprint density at radius 2 is 1.90 bits per heavy atom. The van der Waals surface area contributed by atoms with Crippen molar-refractivity contribution in [2.75, 3.05) is 36.5 Å². The summed E-state index contributed by atoms with van der Waals surface area (Å²) in [5, 5.41) is 7.00. The molecule has 0 saturated carbocycles. The molecule has 8 nitrogen and oxygen atoms in total. The van der Waals surface area contributed by atoms with Crippen LogP contribution in [0.15, 0.2) is 48.7 Å². The van der Waals surface area contributed by atoms with Crippen LogP contribution in [-0.2, 0) is 11.3 Å². The number of aromatic nitrogens is 3. The van der Waals surface area contributed by atoms with Gasteiger partial charge in [0.1, 0.15) is 11.5 Å². The molecule has 0 spiro atoms. The Morgan fingerprint density at radius 3 is 2.65 bits per heavy atom. The highest BCUT2D eigenvalue weighted by atomic mass is 35.5. The summed E-state index contributed by atoms with van der Waals surface area (Å²) in [5.74, 6) is 0.874. The van der Waals surface area contributed by atoms with Crippen LogP contribution < -0.4 is 15.5 Å². The van der Waals surface area contributed by atoms with Crippen LogP contribution in [-0.4, -0.2) is 47.2 Å². The van der Waals surface area contributed by atoms with Crippen molar-refractivity contribution in [3.05, 3.63) is 70.1 Å². The molecule has 1 aliphatic rings. The van der Waals surface area contributed by atoms with E-state index in [-0.39, 0.29) is 12.5 Å². The van der Waals surface area contributed by atoms with Crippen molar-refractivity contribution in [1.82, 2.24) is 20.3 Å². The average Bonchev–Trinajstić information content (AvgIpc) is 2.81. The first-order valence-corrected chi connectivity index (χ1v) is 10.5. The largest absolute Gasteiger partial charge is 0.378 e. The molecular weight excluding hydrogens is 439 g/mol. The molecule has 0 unspecified atom stereocenters. The van der Waals surface area contributed by atoms with Gasteiger partial charge in [-0.2, -0.15) is 4.98 Å². The van der Waals surface area contributed by atoms with Gasteiger partial charge in [-0.3, -0.25) is 9.78 Å². The Bertz CT molecular complexity index is 1060. The average molecular weight is 459 g/mol. The van der Waals surface area contributed by atoms with Crippen LogP contribution >= 0.6 is 23.2 Å². The summed E-state index contributed by atoms with van der Waals surface area (Å²) < 4.78 is 5.43. The van der Waals surface area contributed by atoms with Crippen molar-refractivity contribution < 1.29 is 9.53 Å². The monoisotopic (exact) mass is 458 g/mol. The summed E-state index contributed by atoms with van der Waals surface area (Å²) in [4.78, 5) is 27.8. The molecule has 160 valence electrons. The van der Waals surface area contributed by atoms with Gasteiger partial charge < -0.3 is 20.3 Å². The molecule has 1 amide bonds. The molecule has 2 aromatic heterocycles. The van der Waals surface area contributed by atoms with Crippen LogP contribution in [0, 0.1) is 0 Å². The minimum absolute atomic E-state index is 0.228. The number of anilines is 3. The molecule has 2 N–H and O–H groups in total. The van der Waals surface area contributed by atoms with Crippen molar-refractivity contribution >= 4 is 46.6 Å². The lowest BCUT2D eigenvalue weighted by Gasteiger charge is -2.27. The fraction of sp³-hybridized carbons (Fsp3) is 0.238. The molecule has 0 atom stereocenters. The zero-order valence-corrected chi connectivity index (χ0v) is 18.0. The highest BCUT2D eigenvalue weighted by Gasteiger charge is 2.17. The maximum absolute atomic E-state index is 12.4. The van der Waals surface area contributed by atoms with Crippen LogP contribution in [0.25, 0.3) is 0 Å². The molecule has 1 aliphatic heterocycles. The molecule has 1 fully saturated rings. The van der Waals surface area contributed by atoms with Gasteiger partial charge in [0.2, 0.25) is 5.95 Å². The number of halogens is 2. The number of carbonyl (C=O) groups excluding carboxylic acids is 1. The summed E-state index contributed by atoms with van der Waals surface area (Å²) in [6.45, 7) is 2.83. The predicted octanol–water partition coefficient (Wildman–Crippen LogP) is 3.69. The third-order valence-corrected chi connectivity index (χ3v) is 5.32. The lowest BCUT2D eigenvalue weighted by atomic mass is 10.3. The number of hydrogen-bond donors (Lipinski definition) is 2. The fourth-order valence-corrected chi connectivity index (χ4v) is 3.32. The van der Waals surface area contributed by atoms with Crippen LogP contribution in [0.1, 0.15) is 16.2 Å². The molecule has 0 bridgehead atoms. The quantitative estimate of drug-likeness (QED) is 0.581. The number of pyridine rings is 1. The predicted molar refractivity (Wildman–Crippen MR) is 120 cm³/mol. The van der Waals surface area contributed by atoms with Crippen LogP contribution in [0.3, 0.4) is 0 Å². The Hall–Kier alpha value is -2.94. The number of ether oxygens (including phenoxy) is 1. The molecule has 10 heteroatoms. The molecule has 4 rings (SSSR count). The minimum Gasteiger partial charge on any atom is -0.378 e. The van der Waals surface area contributed by atoms with Crippen molar-refractivity contribution in [1.29, 1.82) is 0 Å². The van der Waals surface area contributed by atoms with Gasteiger partial charge in [-0.1, -0.05) is 29.3 Å². The lowest BCUT2D eigenvalue weighted by Crippen LogP contribution is -2.37. The summed E-state index contributed by atoms with van der Waals surface area (Å²) in [5.41, 5.74) is 1.74. The minimum atomic E-state index is -0.272. The van der Waals surface area contributed by atoms with Crippen LogP contribution in [0.5, 0.6) is 0 Å². The molecule has 0 radical (unpaired) electrons. The van der Waals surface area contributed by atoms with E-state index in [4.69, 9.17) is 27.9 Å². The smallest absolute Gasteiger partial charge is 0.270 e. The summed E-state index contributed by atoms with van der Waals surface area (Å²) in [7, 11) is 0. The van der Waals surface area contributed by atoms with Gasteiger partial charge in [-0.05, 0) is 30.3 Å². The summed E-state index contributed by atoms with van der Waals surface area (Å²) in [6.07, 6.45) is 1.58. The standard InChI is InChI=1S/C21H20Cl2N6O2/c22-16-5-4-14(11-17(16)23)26-19-12-15(13-25-20(30)18-3-1-2-6-24-18)27-21(28-19)29-7-9-31-10-8-29/h1-6,11-12H,7-10,13H2,(H,25,30)(H,26,27,28). The van der Waals surface area contributed by atoms with Gasteiger partial charge in [0.15, 0.2) is 0 Å². The van der Waals surface area contributed by atoms with Crippen molar-refractivity contribution in [3.63, 3.8) is 0 Å². The first kappa shape index (κ1) is 21.3. The van der Waals surface area contributed by atoms with E-state index >= 15 is 0 Å². The first-order valence-electron chi connectivity index (χ1n) is 9.70. The van der Waals surface area contributed by atoms with E-state index in [2.05, 4.69) is 25.6 Å². The van der Waals surface area contributed by atoms with Gasteiger partial charge >= 0.3 is 0 Å². The third kappa shape index (κ3) is 5.61. The molecular formula is C21H20Cl2N6O2. The summed E-state index contributed by atoms with van der Waals surface area (Å²) in [6, 6.07) is 12.2. The highest BCUT2D eigenvalue weighted by molar-refractivity contribution is 6.42. The SMILES string of the molecule is O=C(NCc1cc(Nc2ccc(Cl)c(Cl)c2)nc(N2CCOCC2)n1)c1ccccn1. The van der Waals surface area contributed by atoms with E-state index in [0.717, 1.165) is 5.69 Å². The fourth-order valence-electron chi connectivity index (χ4n) is 3.02. The normalized spacial score (nSPS) is 13.7. The zero-order valence-electron chi connectivity index (χ0n) is 16.5. The third-order valence-electron chi connectivity index (χ3n) is 4.58. The van der Waals surface area contributed by atoms with Gasteiger partial charge in [-0.25, -0.2) is 4.98 Å². The Kier molecular flexibility index (Phi) is 6.81.